The van der Waals surface area contributed by atoms with Crippen molar-refractivity contribution in [2.45, 2.75) is 25.8 Å². The summed E-state index contributed by atoms with van der Waals surface area (Å²) in [5.74, 6) is 1.78. The van der Waals surface area contributed by atoms with E-state index in [9.17, 15) is 0 Å². The van der Waals surface area contributed by atoms with Crippen molar-refractivity contribution in [1.82, 2.24) is 14.8 Å². The van der Waals surface area contributed by atoms with Gasteiger partial charge in [-0.25, -0.2) is 0 Å². The van der Waals surface area contributed by atoms with Gasteiger partial charge in [-0.1, -0.05) is 0 Å². The molecule has 118 valence electrons. The van der Waals surface area contributed by atoms with Crippen LogP contribution >= 0.6 is 0 Å². The van der Waals surface area contributed by atoms with Gasteiger partial charge in [0, 0.05) is 52.8 Å². The maximum absolute atomic E-state index is 5.64. The molecule has 0 saturated heterocycles. The van der Waals surface area contributed by atoms with Crippen molar-refractivity contribution in [2.75, 3.05) is 33.9 Å². The van der Waals surface area contributed by atoms with Gasteiger partial charge in [0.1, 0.15) is 0 Å². The molecule has 1 aliphatic rings. The van der Waals surface area contributed by atoms with Crippen molar-refractivity contribution in [3.05, 3.63) is 24.0 Å². The molecular weight excluding hydrogens is 264 g/mol. The van der Waals surface area contributed by atoms with E-state index in [4.69, 9.17) is 4.74 Å². The fourth-order valence-corrected chi connectivity index (χ4v) is 2.27. The molecule has 21 heavy (non-hydrogen) atoms. The van der Waals surface area contributed by atoms with E-state index >= 15 is 0 Å². The molecule has 0 aromatic carbocycles. The molecule has 1 fully saturated rings. The van der Waals surface area contributed by atoms with Gasteiger partial charge in [-0.2, -0.15) is 0 Å². The second kappa shape index (κ2) is 8.08. The highest BCUT2D eigenvalue weighted by Gasteiger charge is 2.20. The number of aryl methyl sites for hydroxylation is 1. The highest BCUT2D eigenvalue weighted by molar-refractivity contribution is 5.79. The zero-order valence-electron chi connectivity index (χ0n) is 13.5. The van der Waals surface area contributed by atoms with Crippen molar-refractivity contribution in [3.8, 4) is 0 Å². The minimum Gasteiger partial charge on any atom is -0.381 e. The monoisotopic (exact) mass is 292 g/mol. The van der Waals surface area contributed by atoms with E-state index in [1.165, 1.54) is 18.5 Å². The first-order valence-electron chi connectivity index (χ1n) is 7.80. The van der Waals surface area contributed by atoms with Crippen molar-refractivity contribution < 1.29 is 4.74 Å². The Bertz CT molecular complexity index is 451. The van der Waals surface area contributed by atoms with Gasteiger partial charge in [0.05, 0.1) is 6.54 Å². The van der Waals surface area contributed by atoms with Gasteiger partial charge < -0.3 is 19.5 Å². The summed E-state index contributed by atoms with van der Waals surface area (Å²) in [5, 5.41) is 3.39. The third-order valence-electron chi connectivity index (χ3n) is 3.82. The van der Waals surface area contributed by atoms with Crippen LogP contribution in [0.25, 0.3) is 0 Å². The molecule has 1 aliphatic carbocycles. The second-order valence-electron chi connectivity index (χ2n) is 5.81. The summed E-state index contributed by atoms with van der Waals surface area (Å²) in [7, 11) is 5.95. The summed E-state index contributed by atoms with van der Waals surface area (Å²) in [5.41, 5.74) is 1.27. The number of ether oxygens (including phenoxy) is 1. The summed E-state index contributed by atoms with van der Waals surface area (Å²) in [4.78, 5) is 6.47. The SMILES string of the molecule is CN=C(NCCCOCC1CC1)N(C)Cc1cccn1C. The van der Waals surface area contributed by atoms with Crippen LogP contribution in [0.3, 0.4) is 0 Å². The standard InChI is InChI=1S/C16H28N4O/c1-17-16(18-9-5-11-21-13-14-7-8-14)20(3)12-15-6-4-10-19(15)2/h4,6,10,14H,5,7-9,11-13H2,1-3H3,(H,17,18). The number of guanidine groups is 1. The average molecular weight is 292 g/mol. The van der Waals surface area contributed by atoms with Crippen LogP contribution in [0.4, 0.5) is 0 Å². The molecule has 0 atom stereocenters. The summed E-state index contributed by atoms with van der Waals surface area (Å²) >= 11 is 0. The lowest BCUT2D eigenvalue weighted by molar-refractivity contribution is 0.122. The van der Waals surface area contributed by atoms with E-state index in [-0.39, 0.29) is 0 Å². The van der Waals surface area contributed by atoms with Crippen molar-refractivity contribution >= 4 is 5.96 Å². The van der Waals surface area contributed by atoms with Crippen LogP contribution in [-0.4, -0.2) is 49.3 Å². The fourth-order valence-electron chi connectivity index (χ4n) is 2.27. The predicted molar refractivity (Wildman–Crippen MR) is 86.4 cm³/mol. The topological polar surface area (TPSA) is 41.8 Å². The van der Waals surface area contributed by atoms with Gasteiger partial charge >= 0.3 is 0 Å². The lowest BCUT2D eigenvalue weighted by Gasteiger charge is -2.22. The second-order valence-corrected chi connectivity index (χ2v) is 5.81. The van der Waals surface area contributed by atoms with Gasteiger partial charge in [-0.15, -0.1) is 0 Å². The zero-order chi connectivity index (χ0) is 15.1. The molecule has 0 spiro atoms. The van der Waals surface area contributed by atoms with E-state index in [0.29, 0.717) is 0 Å². The third-order valence-corrected chi connectivity index (χ3v) is 3.82. The molecule has 5 heteroatoms. The largest absolute Gasteiger partial charge is 0.381 e. The Balaban J connectivity index is 1.63. The van der Waals surface area contributed by atoms with Crippen molar-refractivity contribution in [3.63, 3.8) is 0 Å². The molecule has 2 rings (SSSR count). The first kappa shape index (κ1) is 15.9. The number of rotatable bonds is 8. The number of nitrogens with zero attached hydrogens (tertiary/aromatic N) is 3. The summed E-state index contributed by atoms with van der Waals surface area (Å²) in [6, 6.07) is 4.20. The Morgan fingerprint density at radius 3 is 2.95 bits per heavy atom. The van der Waals surface area contributed by atoms with E-state index in [1.54, 1.807) is 0 Å². The molecule has 0 radical (unpaired) electrons. The molecule has 1 saturated carbocycles. The lowest BCUT2D eigenvalue weighted by atomic mass is 10.4. The first-order valence-corrected chi connectivity index (χ1v) is 7.80. The molecule has 1 aromatic heterocycles. The van der Waals surface area contributed by atoms with Crippen LogP contribution in [0.2, 0.25) is 0 Å². The average Bonchev–Trinajstić information content (AvgIpc) is 3.21. The summed E-state index contributed by atoms with van der Waals surface area (Å²) in [6.45, 7) is 3.53. The molecule has 1 N–H and O–H groups in total. The highest BCUT2D eigenvalue weighted by atomic mass is 16.5. The minimum absolute atomic E-state index is 0.835. The Kier molecular flexibility index (Phi) is 6.11. The quantitative estimate of drug-likeness (QED) is 0.452. The number of hydrogen-bond donors (Lipinski definition) is 1. The van der Waals surface area contributed by atoms with E-state index < -0.39 is 0 Å². The maximum Gasteiger partial charge on any atom is 0.193 e. The zero-order valence-corrected chi connectivity index (χ0v) is 13.5. The lowest BCUT2D eigenvalue weighted by Crippen LogP contribution is -2.39. The van der Waals surface area contributed by atoms with Gasteiger partial charge in [-0.3, -0.25) is 4.99 Å². The third kappa shape index (κ3) is 5.42. The Morgan fingerprint density at radius 1 is 1.52 bits per heavy atom. The van der Waals surface area contributed by atoms with Gasteiger partial charge in [-0.05, 0) is 37.3 Å². The molecule has 0 unspecified atom stereocenters. The predicted octanol–water partition coefficient (Wildman–Crippen LogP) is 1.85. The minimum atomic E-state index is 0.835. The molecule has 5 nitrogen and oxygen atoms in total. The van der Waals surface area contributed by atoms with Crippen LogP contribution in [-0.2, 0) is 18.3 Å². The Hall–Kier alpha value is -1.49. The fraction of sp³-hybridized carbons (Fsp3) is 0.688. The molecule has 1 heterocycles. The van der Waals surface area contributed by atoms with E-state index in [1.807, 2.05) is 7.05 Å². The smallest absolute Gasteiger partial charge is 0.193 e. The van der Waals surface area contributed by atoms with E-state index in [2.05, 4.69) is 52.2 Å². The van der Waals surface area contributed by atoms with Crippen LogP contribution in [0, 0.1) is 5.92 Å². The molecule has 1 aromatic rings. The van der Waals surface area contributed by atoms with Crippen LogP contribution in [0.1, 0.15) is 25.0 Å². The molecule has 0 amide bonds. The van der Waals surface area contributed by atoms with Crippen molar-refractivity contribution in [2.24, 2.45) is 18.0 Å². The normalized spacial score (nSPS) is 15.3. The number of nitrogens with one attached hydrogen (secondary N) is 1. The summed E-state index contributed by atoms with van der Waals surface area (Å²) in [6.07, 6.45) is 5.80. The molecule has 0 bridgehead atoms. The van der Waals surface area contributed by atoms with E-state index in [0.717, 1.165) is 44.6 Å². The number of aromatic nitrogens is 1. The molecule has 0 aliphatic heterocycles. The summed E-state index contributed by atoms with van der Waals surface area (Å²) < 4.78 is 7.77. The van der Waals surface area contributed by atoms with Crippen LogP contribution in [0.15, 0.2) is 23.3 Å². The van der Waals surface area contributed by atoms with Gasteiger partial charge in [0.15, 0.2) is 5.96 Å². The van der Waals surface area contributed by atoms with Crippen LogP contribution < -0.4 is 5.32 Å². The van der Waals surface area contributed by atoms with Gasteiger partial charge in [0.25, 0.3) is 0 Å². The van der Waals surface area contributed by atoms with Crippen LogP contribution in [0.5, 0.6) is 0 Å². The number of hydrogen-bond acceptors (Lipinski definition) is 2. The number of aliphatic imine (C=N–C) groups is 1. The first-order chi connectivity index (χ1) is 10.2. The Labute approximate surface area is 128 Å². The maximum atomic E-state index is 5.64. The molecular formula is C16H28N4O. The van der Waals surface area contributed by atoms with Crippen molar-refractivity contribution in [1.29, 1.82) is 0 Å². The highest BCUT2D eigenvalue weighted by Crippen LogP contribution is 2.28. The van der Waals surface area contributed by atoms with Gasteiger partial charge in [0.2, 0.25) is 0 Å². The Morgan fingerprint density at radius 2 is 2.33 bits per heavy atom.